The molecule has 96 valence electrons. The second kappa shape index (κ2) is 4.24. The molecule has 0 fully saturated rings. The van der Waals surface area contributed by atoms with Crippen molar-refractivity contribution in [3.05, 3.63) is 52.9 Å². The van der Waals surface area contributed by atoms with Gasteiger partial charge in [-0.3, -0.25) is 4.40 Å². The summed E-state index contributed by atoms with van der Waals surface area (Å²) in [4.78, 5) is 4.42. The fourth-order valence-corrected chi connectivity index (χ4v) is 2.14. The van der Waals surface area contributed by atoms with E-state index in [-0.39, 0.29) is 5.02 Å². The van der Waals surface area contributed by atoms with Gasteiger partial charge in [0.25, 0.3) is 0 Å². The first-order valence-electron chi connectivity index (χ1n) is 5.76. The molecule has 0 saturated heterocycles. The highest BCUT2D eigenvalue weighted by Gasteiger charge is 2.12. The Morgan fingerprint density at radius 3 is 2.79 bits per heavy atom. The smallest absolute Gasteiger partial charge is 0.142 e. The molecular formula is C14H11ClFN3. The van der Waals surface area contributed by atoms with Crippen molar-refractivity contribution in [2.24, 2.45) is 0 Å². The normalized spacial score (nSPS) is 11.1. The summed E-state index contributed by atoms with van der Waals surface area (Å²) in [7, 11) is 0. The minimum absolute atomic E-state index is 0.0851. The van der Waals surface area contributed by atoms with E-state index < -0.39 is 5.82 Å². The van der Waals surface area contributed by atoms with Crippen LogP contribution in [0.2, 0.25) is 5.02 Å². The molecule has 0 bridgehead atoms. The molecule has 3 aromatic rings. The largest absolute Gasteiger partial charge is 0.383 e. The summed E-state index contributed by atoms with van der Waals surface area (Å²) in [6.07, 6.45) is 1.90. The molecule has 0 spiro atoms. The fraction of sp³-hybridized carbons (Fsp3) is 0.0714. The number of hydrogen-bond acceptors (Lipinski definition) is 2. The molecular weight excluding hydrogens is 265 g/mol. The Labute approximate surface area is 114 Å². The molecule has 0 aliphatic carbocycles. The van der Waals surface area contributed by atoms with Crippen molar-refractivity contribution < 1.29 is 4.39 Å². The number of nitrogen functional groups attached to an aromatic ring is 1. The number of benzene rings is 1. The number of hydrogen-bond donors (Lipinski definition) is 1. The minimum Gasteiger partial charge on any atom is -0.383 e. The van der Waals surface area contributed by atoms with Crippen LogP contribution in [-0.4, -0.2) is 9.38 Å². The van der Waals surface area contributed by atoms with Gasteiger partial charge in [-0.1, -0.05) is 23.7 Å². The molecule has 0 aliphatic heterocycles. The zero-order valence-corrected chi connectivity index (χ0v) is 10.9. The zero-order chi connectivity index (χ0) is 13.6. The predicted molar refractivity (Wildman–Crippen MR) is 74.7 cm³/mol. The standard InChI is InChI=1S/C14H11ClFN3/c1-8-2-5-12-18-13(14(17)19(12)7-8)9-3-4-10(15)11(16)6-9/h2-7H,17H2,1H3. The van der Waals surface area contributed by atoms with Gasteiger partial charge >= 0.3 is 0 Å². The summed E-state index contributed by atoms with van der Waals surface area (Å²) < 4.78 is 15.3. The van der Waals surface area contributed by atoms with Gasteiger partial charge in [0.15, 0.2) is 0 Å². The van der Waals surface area contributed by atoms with Gasteiger partial charge in [-0.25, -0.2) is 9.37 Å². The average molecular weight is 276 g/mol. The Kier molecular flexibility index (Phi) is 2.68. The van der Waals surface area contributed by atoms with Crippen molar-refractivity contribution in [2.75, 3.05) is 5.73 Å². The highest BCUT2D eigenvalue weighted by Crippen LogP contribution is 2.29. The number of fused-ring (bicyclic) bond motifs is 1. The molecule has 19 heavy (non-hydrogen) atoms. The molecule has 0 aliphatic rings. The highest BCUT2D eigenvalue weighted by molar-refractivity contribution is 6.30. The van der Waals surface area contributed by atoms with Gasteiger partial charge in [0.1, 0.15) is 23.0 Å². The van der Waals surface area contributed by atoms with Crippen molar-refractivity contribution in [3.63, 3.8) is 0 Å². The third-order valence-corrected chi connectivity index (χ3v) is 3.30. The van der Waals surface area contributed by atoms with Crippen molar-refractivity contribution in [3.8, 4) is 11.3 Å². The second-order valence-electron chi connectivity index (χ2n) is 4.41. The molecule has 0 atom stereocenters. The van der Waals surface area contributed by atoms with E-state index in [0.717, 1.165) is 11.2 Å². The zero-order valence-electron chi connectivity index (χ0n) is 10.2. The van der Waals surface area contributed by atoms with E-state index in [1.807, 2.05) is 25.3 Å². The van der Waals surface area contributed by atoms with E-state index in [4.69, 9.17) is 17.3 Å². The summed E-state index contributed by atoms with van der Waals surface area (Å²) >= 11 is 5.68. The Morgan fingerprint density at radius 1 is 1.26 bits per heavy atom. The van der Waals surface area contributed by atoms with Gasteiger partial charge in [0, 0.05) is 11.8 Å². The Balaban J connectivity index is 2.24. The Bertz CT molecular complexity index is 780. The highest BCUT2D eigenvalue weighted by atomic mass is 35.5. The molecule has 2 aromatic heterocycles. The van der Waals surface area contributed by atoms with Crippen LogP contribution < -0.4 is 5.73 Å². The average Bonchev–Trinajstić information content (AvgIpc) is 2.70. The van der Waals surface area contributed by atoms with Crippen molar-refractivity contribution in [2.45, 2.75) is 6.92 Å². The molecule has 0 saturated carbocycles. The predicted octanol–water partition coefficient (Wildman–Crippen LogP) is 3.68. The fourth-order valence-electron chi connectivity index (χ4n) is 2.02. The Hall–Kier alpha value is -2.07. The molecule has 0 unspecified atom stereocenters. The van der Waals surface area contributed by atoms with Gasteiger partial charge in [-0.2, -0.15) is 0 Å². The number of nitrogens with zero attached hydrogens (tertiary/aromatic N) is 2. The molecule has 0 amide bonds. The molecule has 0 radical (unpaired) electrons. The van der Waals surface area contributed by atoms with Crippen LogP contribution in [0, 0.1) is 12.7 Å². The topological polar surface area (TPSA) is 43.3 Å². The monoisotopic (exact) mass is 275 g/mol. The van der Waals surface area contributed by atoms with Gasteiger partial charge in [-0.05, 0) is 30.7 Å². The van der Waals surface area contributed by atoms with E-state index in [0.29, 0.717) is 17.1 Å². The summed E-state index contributed by atoms with van der Waals surface area (Å²) in [5, 5.41) is 0.0851. The van der Waals surface area contributed by atoms with Gasteiger partial charge in [0.2, 0.25) is 0 Å². The summed E-state index contributed by atoms with van der Waals surface area (Å²) in [6, 6.07) is 8.38. The molecule has 3 nitrogen and oxygen atoms in total. The quantitative estimate of drug-likeness (QED) is 0.736. The first kappa shape index (κ1) is 12.0. The van der Waals surface area contributed by atoms with Crippen molar-refractivity contribution >= 4 is 23.1 Å². The number of pyridine rings is 1. The van der Waals surface area contributed by atoms with Gasteiger partial charge < -0.3 is 5.73 Å². The lowest BCUT2D eigenvalue weighted by Crippen LogP contribution is -1.94. The Morgan fingerprint density at radius 2 is 2.05 bits per heavy atom. The van der Waals surface area contributed by atoms with Gasteiger partial charge in [0.05, 0.1) is 5.02 Å². The number of aromatic nitrogens is 2. The van der Waals surface area contributed by atoms with Crippen LogP contribution in [0.25, 0.3) is 16.9 Å². The van der Waals surface area contributed by atoms with Crippen LogP contribution in [0.5, 0.6) is 0 Å². The van der Waals surface area contributed by atoms with Crippen molar-refractivity contribution in [1.82, 2.24) is 9.38 Å². The van der Waals surface area contributed by atoms with E-state index in [2.05, 4.69) is 4.98 Å². The summed E-state index contributed by atoms with van der Waals surface area (Å²) in [5.74, 6) is 0.00669. The maximum Gasteiger partial charge on any atom is 0.142 e. The van der Waals surface area contributed by atoms with Gasteiger partial charge in [-0.15, -0.1) is 0 Å². The first-order chi connectivity index (χ1) is 9.06. The van der Waals surface area contributed by atoms with E-state index >= 15 is 0 Å². The lowest BCUT2D eigenvalue weighted by atomic mass is 10.1. The number of anilines is 1. The lowest BCUT2D eigenvalue weighted by molar-refractivity contribution is 0.629. The van der Waals surface area contributed by atoms with Crippen LogP contribution in [0.1, 0.15) is 5.56 Å². The molecule has 3 rings (SSSR count). The van der Waals surface area contributed by atoms with Crippen LogP contribution >= 0.6 is 11.6 Å². The number of rotatable bonds is 1. The molecule has 5 heteroatoms. The lowest BCUT2D eigenvalue weighted by Gasteiger charge is -2.01. The van der Waals surface area contributed by atoms with Crippen LogP contribution in [0.3, 0.4) is 0 Å². The number of nitrogens with two attached hydrogens (primary N) is 1. The number of imidazole rings is 1. The SMILES string of the molecule is Cc1ccc2nc(-c3ccc(Cl)c(F)c3)c(N)n2c1. The minimum atomic E-state index is -0.480. The molecule has 2 heterocycles. The van der Waals surface area contributed by atoms with E-state index in [1.165, 1.54) is 12.1 Å². The van der Waals surface area contributed by atoms with E-state index in [1.54, 1.807) is 10.5 Å². The third kappa shape index (κ3) is 1.94. The molecule has 1 aromatic carbocycles. The van der Waals surface area contributed by atoms with E-state index in [9.17, 15) is 4.39 Å². The maximum absolute atomic E-state index is 13.5. The number of halogens is 2. The maximum atomic E-state index is 13.5. The third-order valence-electron chi connectivity index (χ3n) is 3.00. The summed E-state index contributed by atoms with van der Waals surface area (Å²) in [6.45, 7) is 1.97. The number of aryl methyl sites for hydroxylation is 1. The van der Waals surface area contributed by atoms with Crippen LogP contribution in [0.15, 0.2) is 36.5 Å². The van der Waals surface area contributed by atoms with Crippen LogP contribution in [-0.2, 0) is 0 Å². The summed E-state index contributed by atoms with van der Waals surface area (Å²) in [5.41, 5.74) is 9.05. The van der Waals surface area contributed by atoms with Crippen molar-refractivity contribution in [1.29, 1.82) is 0 Å². The second-order valence-corrected chi connectivity index (χ2v) is 4.82. The first-order valence-corrected chi connectivity index (χ1v) is 6.13. The molecule has 2 N–H and O–H groups in total. The van der Waals surface area contributed by atoms with Crippen LogP contribution in [0.4, 0.5) is 10.2 Å².